The van der Waals surface area contributed by atoms with Gasteiger partial charge in [-0.25, -0.2) is 10.2 Å². The van der Waals surface area contributed by atoms with Gasteiger partial charge in [0.1, 0.15) is 5.54 Å². The third-order valence-corrected chi connectivity index (χ3v) is 3.61. The standard InChI is InChI=1S/C16H20N4O5/c1-16(2)14(23)20(15(24)18-16)7-6-13(22)19-17-9-10-4-5-11(21)12(8-10)25-3/h4-5,8-9,21H,6-7H2,1-3H3,(H,18,24)(H,19,22)/b17-9+. The van der Waals surface area contributed by atoms with E-state index in [2.05, 4.69) is 15.8 Å². The second kappa shape index (κ2) is 7.20. The molecule has 3 N–H and O–H groups in total. The summed E-state index contributed by atoms with van der Waals surface area (Å²) in [4.78, 5) is 36.5. The summed E-state index contributed by atoms with van der Waals surface area (Å²) in [7, 11) is 1.43. The van der Waals surface area contributed by atoms with Crippen LogP contribution in [0, 0.1) is 0 Å². The number of nitrogens with one attached hydrogen (secondary N) is 2. The SMILES string of the molecule is COc1cc(/C=N/NC(=O)CCN2C(=O)NC(C)(C)C2=O)ccc1O. The summed E-state index contributed by atoms with van der Waals surface area (Å²) in [5.41, 5.74) is 1.98. The minimum atomic E-state index is -0.955. The Balaban J connectivity index is 1.85. The number of aromatic hydroxyl groups is 1. The first-order valence-corrected chi connectivity index (χ1v) is 7.57. The molecule has 0 atom stereocenters. The maximum atomic E-state index is 12.0. The van der Waals surface area contributed by atoms with Crippen LogP contribution >= 0.6 is 0 Å². The molecule has 2 rings (SSSR count). The molecule has 0 bridgehead atoms. The van der Waals surface area contributed by atoms with Crippen LogP contribution in [-0.2, 0) is 9.59 Å². The van der Waals surface area contributed by atoms with Crippen LogP contribution in [0.25, 0.3) is 0 Å². The number of imide groups is 1. The van der Waals surface area contributed by atoms with Crippen molar-refractivity contribution in [1.29, 1.82) is 0 Å². The van der Waals surface area contributed by atoms with Crippen LogP contribution in [0.4, 0.5) is 4.79 Å². The van der Waals surface area contributed by atoms with Crippen LogP contribution in [0.5, 0.6) is 11.5 Å². The number of hydrogen-bond donors (Lipinski definition) is 3. The van der Waals surface area contributed by atoms with Crippen molar-refractivity contribution < 1.29 is 24.2 Å². The Kier molecular flexibility index (Phi) is 5.26. The van der Waals surface area contributed by atoms with E-state index in [4.69, 9.17) is 4.74 Å². The third-order valence-electron chi connectivity index (χ3n) is 3.61. The maximum Gasteiger partial charge on any atom is 0.325 e. The van der Waals surface area contributed by atoms with Gasteiger partial charge in [0.25, 0.3) is 5.91 Å². The van der Waals surface area contributed by atoms with Gasteiger partial charge in [-0.3, -0.25) is 14.5 Å². The molecule has 1 aromatic carbocycles. The van der Waals surface area contributed by atoms with E-state index in [1.165, 1.54) is 19.4 Å². The molecule has 0 aliphatic carbocycles. The predicted octanol–water partition coefficient (Wildman–Crippen LogP) is 0.571. The van der Waals surface area contributed by atoms with Crippen molar-refractivity contribution in [2.45, 2.75) is 25.8 Å². The lowest BCUT2D eigenvalue weighted by molar-refractivity contribution is -0.130. The average molecular weight is 348 g/mol. The topological polar surface area (TPSA) is 120 Å². The number of hydrazone groups is 1. The second-order valence-corrected chi connectivity index (χ2v) is 5.99. The lowest BCUT2D eigenvalue weighted by Crippen LogP contribution is -2.40. The number of urea groups is 1. The first kappa shape index (κ1) is 18.2. The molecule has 1 heterocycles. The Hall–Kier alpha value is -3.10. The molecule has 134 valence electrons. The normalized spacial score (nSPS) is 16.2. The van der Waals surface area contributed by atoms with E-state index >= 15 is 0 Å². The largest absolute Gasteiger partial charge is 0.504 e. The van der Waals surface area contributed by atoms with Gasteiger partial charge in [-0.2, -0.15) is 5.10 Å². The molecule has 1 aliphatic heterocycles. The predicted molar refractivity (Wildman–Crippen MR) is 89.3 cm³/mol. The quantitative estimate of drug-likeness (QED) is 0.394. The Morgan fingerprint density at radius 1 is 1.44 bits per heavy atom. The number of carbonyl (C=O) groups excluding carboxylic acids is 3. The molecule has 4 amide bonds. The molecule has 0 unspecified atom stereocenters. The van der Waals surface area contributed by atoms with Gasteiger partial charge in [0.05, 0.1) is 13.3 Å². The van der Waals surface area contributed by atoms with Crippen molar-refractivity contribution in [3.8, 4) is 11.5 Å². The Morgan fingerprint density at radius 3 is 2.76 bits per heavy atom. The smallest absolute Gasteiger partial charge is 0.325 e. The summed E-state index contributed by atoms with van der Waals surface area (Å²) in [6.45, 7) is 3.18. The van der Waals surface area contributed by atoms with Crippen molar-refractivity contribution in [3.63, 3.8) is 0 Å². The number of benzene rings is 1. The van der Waals surface area contributed by atoms with Crippen molar-refractivity contribution in [2.24, 2.45) is 5.10 Å². The monoisotopic (exact) mass is 348 g/mol. The maximum absolute atomic E-state index is 12.0. The zero-order chi connectivity index (χ0) is 18.6. The Labute approximate surface area is 144 Å². The van der Waals surface area contributed by atoms with E-state index in [-0.39, 0.29) is 30.4 Å². The summed E-state index contributed by atoms with van der Waals surface area (Å²) < 4.78 is 4.97. The van der Waals surface area contributed by atoms with Gasteiger partial charge >= 0.3 is 6.03 Å². The molecule has 1 aliphatic rings. The highest BCUT2D eigenvalue weighted by molar-refractivity contribution is 6.06. The van der Waals surface area contributed by atoms with E-state index in [1.54, 1.807) is 26.0 Å². The number of phenols is 1. The van der Waals surface area contributed by atoms with Crippen molar-refractivity contribution in [1.82, 2.24) is 15.6 Å². The summed E-state index contributed by atoms with van der Waals surface area (Å²) in [5.74, 6) is -0.520. The number of amides is 4. The second-order valence-electron chi connectivity index (χ2n) is 5.99. The fraction of sp³-hybridized carbons (Fsp3) is 0.375. The summed E-state index contributed by atoms with van der Waals surface area (Å²) in [6.07, 6.45) is 1.32. The highest BCUT2D eigenvalue weighted by Gasteiger charge is 2.43. The van der Waals surface area contributed by atoms with Crippen molar-refractivity contribution in [2.75, 3.05) is 13.7 Å². The molecule has 0 radical (unpaired) electrons. The highest BCUT2D eigenvalue weighted by atomic mass is 16.5. The summed E-state index contributed by atoms with van der Waals surface area (Å²) in [5, 5.41) is 15.8. The molecular formula is C16H20N4O5. The lowest BCUT2D eigenvalue weighted by atomic mass is 10.1. The van der Waals surface area contributed by atoms with Crippen molar-refractivity contribution >= 4 is 24.1 Å². The first-order chi connectivity index (χ1) is 11.7. The van der Waals surface area contributed by atoms with E-state index in [9.17, 15) is 19.5 Å². The number of phenolic OH excluding ortho intramolecular Hbond substituents is 1. The van der Waals surface area contributed by atoms with E-state index in [1.807, 2.05) is 0 Å². The van der Waals surface area contributed by atoms with Gasteiger partial charge in [0.2, 0.25) is 5.91 Å². The Morgan fingerprint density at radius 2 is 2.16 bits per heavy atom. The van der Waals surface area contributed by atoms with Crippen LogP contribution in [0.3, 0.4) is 0 Å². The van der Waals surface area contributed by atoms with Gasteiger partial charge in [0.15, 0.2) is 11.5 Å². The third kappa shape index (κ3) is 4.25. The summed E-state index contributed by atoms with van der Waals surface area (Å²) >= 11 is 0. The first-order valence-electron chi connectivity index (χ1n) is 7.57. The van der Waals surface area contributed by atoms with Crippen LogP contribution in [0.2, 0.25) is 0 Å². The van der Waals surface area contributed by atoms with Gasteiger partial charge in [-0.15, -0.1) is 0 Å². The number of methoxy groups -OCH3 is 1. The van der Waals surface area contributed by atoms with Crippen LogP contribution in [0.15, 0.2) is 23.3 Å². The zero-order valence-corrected chi connectivity index (χ0v) is 14.2. The molecule has 9 heteroatoms. The Bertz CT molecular complexity index is 729. The van der Waals surface area contributed by atoms with Gasteiger partial charge in [-0.1, -0.05) is 0 Å². The molecule has 9 nitrogen and oxygen atoms in total. The van der Waals surface area contributed by atoms with Gasteiger partial charge in [0, 0.05) is 13.0 Å². The number of carbonyl (C=O) groups is 3. The van der Waals surface area contributed by atoms with E-state index in [0.29, 0.717) is 5.56 Å². The fourth-order valence-corrected chi connectivity index (χ4v) is 2.24. The number of nitrogens with zero attached hydrogens (tertiary/aromatic N) is 2. The van der Waals surface area contributed by atoms with E-state index in [0.717, 1.165) is 4.90 Å². The van der Waals surface area contributed by atoms with Gasteiger partial charge in [-0.05, 0) is 37.6 Å². The van der Waals surface area contributed by atoms with Crippen LogP contribution < -0.4 is 15.5 Å². The minimum absolute atomic E-state index is 0.000154. The molecule has 0 saturated carbocycles. The fourth-order valence-electron chi connectivity index (χ4n) is 2.24. The molecule has 25 heavy (non-hydrogen) atoms. The average Bonchev–Trinajstić information content (AvgIpc) is 2.75. The minimum Gasteiger partial charge on any atom is -0.504 e. The van der Waals surface area contributed by atoms with Gasteiger partial charge < -0.3 is 15.2 Å². The van der Waals surface area contributed by atoms with Crippen LogP contribution in [-0.4, -0.2) is 53.3 Å². The molecule has 1 aromatic rings. The van der Waals surface area contributed by atoms with Crippen LogP contribution in [0.1, 0.15) is 25.8 Å². The van der Waals surface area contributed by atoms with Crippen molar-refractivity contribution in [3.05, 3.63) is 23.8 Å². The number of hydrogen-bond acceptors (Lipinski definition) is 6. The van der Waals surface area contributed by atoms with E-state index < -0.39 is 17.5 Å². The molecule has 0 spiro atoms. The molecule has 0 aromatic heterocycles. The molecular weight excluding hydrogens is 328 g/mol. The molecule has 1 fully saturated rings. The zero-order valence-electron chi connectivity index (χ0n) is 14.2. The number of ether oxygens (including phenoxy) is 1. The summed E-state index contributed by atoms with van der Waals surface area (Å²) in [6, 6.07) is 4.09. The lowest BCUT2D eigenvalue weighted by Gasteiger charge is -2.15. The highest BCUT2D eigenvalue weighted by Crippen LogP contribution is 2.25. The molecule has 1 saturated heterocycles. The number of rotatable bonds is 6.